The molecule has 0 aliphatic rings. The van der Waals surface area contributed by atoms with Crippen molar-refractivity contribution in [3.63, 3.8) is 0 Å². The van der Waals surface area contributed by atoms with Gasteiger partial charge in [-0.05, 0) is 36.8 Å². The second-order valence-corrected chi connectivity index (χ2v) is 5.00. The minimum Gasteiger partial charge on any atom is -0.273 e. The van der Waals surface area contributed by atoms with E-state index in [-0.39, 0.29) is 6.04 Å². The summed E-state index contributed by atoms with van der Waals surface area (Å²) in [7, 11) is 0. The van der Waals surface area contributed by atoms with Gasteiger partial charge < -0.3 is 0 Å². The molecule has 3 heteroatoms. The Kier molecular flexibility index (Phi) is 4.35. The number of hydrogen-bond donors (Lipinski definition) is 0. The topological polar surface area (TPSA) is 38.1 Å². The largest absolute Gasteiger partial charge is 0.273 e. The van der Waals surface area contributed by atoms with Crippen molar-refractivity contribution >= 4 is 5.71 Å². The molecular weight excluding hydrogens is 270 g/mol. The summed E-state index contributed by atoms with van der Waals surface area (Å²) in [4.78, 5) is 13.7. The van der Waals surface area contributed by atoms with Gasteiger partial charge in [-0.25, -0.2) is 0 Å². The molecule has 2 aromatic heterocycles. The van der Waals surface area contributed by atoms with Gasteiger partial charge in [0.15, 0.2) is 0 Å². The van der Waals surface area contributed by atoms with E-state index in [1.165, 1.54) is 0 Å². The Morgan fingerprint density at radius 3 is 2.14 bits per heavy atom. The molecule has 3 aromatic rings. The molecule has 0 bridgehead atoms. The first-order valence-electron chi connectivity index (χ1n) is 7.26. The quantitative estimate of drug-likeness (QED) is 0.678. The van der Waals surface area contributed by atoms with Crippen LogP contribution < -0.4 is 0 Å². The monoisotopic (exact) mass is 287 g/mol. The van der Waals surface area contributed by atoms with Gasteiger partial charge in [-0.1, -0.05) is 42.5 Å². The highest BCUT2D eigenvalue weighted by atomic mass is 14.9. The Morgan fingerprint density at radius 1 is 0.818 bits per heavy atom. The molecule has 1 unspecified atom stereocenters. The number of nitrogens with zero attached hydrogens (tertiary/aromatic N) is 3. The molecule has 0 N–H and O–H groups in total. The molecule has 1 aromatic carbocycles. The van der Waals surface area contributed by atoms with E-state index in [4.69, 9.17) is 4.99 Å². The van der Waals surface area contributed by atoms with Crippen LogP contribution in [0.4, 0.5) is 0 Å². The maximum absolute atomic E-state index is 4.88. The Morgan fingerprint density at radius 2 is 1.50 bits per heavy atom. The molecule has 0 saturated carbocycles. The van der Waals surface area contributed by atoms with E-state index in [0.29, 0.717) is 0 Å². The summed E-state index contributed by atoms with van der Waals surface area (Å²) in [6, 6.07) is 21.9. The first-order valence-corrected chi connectivity index (χ1v) is 7.26. The standard InChI is InChI=1S/C19H17N3/c1-15(17-11-5-7-13-20-17)22-19(16-9-3-2-4-10-16)18-12-6-8-14-21-18/h2-14,19H,1H3. The fourth-order valence-corrected chi connectivity index (χ4v) is 2.32. The van der Waals surface area contributed by atoms with Gasteiger partial charge in [-0.3, -0.25) is 15.0 Å². The molecule has 3 nitrogen and oxygen atoms in total. The molecule has 22 heavy (non-hydrogen) atoms. The molecule has 0 aliphatic heterocycles. The van der Waals surface area contributed by atoms with Crippen molar-refractivity contribution in [2.75, 3.05) is 0 Å². The summed E-state index contributed by atoms with van der Waals surface area (Å²) < 4.78 is 0. The van der Waals surface area contributed by atoms with Crippen LogP contribution in [0.15, 0.2) is 84.1 Å². The summed E-state index contributed by atoms with van der Waals surface area (Å²) >= 11 is 0. The minimum atomic E-state index is -0.121. The van der Waals surface area contributed by atoms with Crippen molar-refractivity contribution in [1.82, 2.24) is 9.97 Å². The molecule has 0 amide bonds. The zero-order chi connectivity index (χ0) is 15.2. The second kappa shape index (κ2) is 6.76. The lowest BCUT2D eigenvalue weighted by molar-refractivity contribution is 0.829. The number of aromatic nitrogens is 2. The van der Waals surface area contributed by atoms with Gasteiger partial charge in [0.05, 0.1) is 17.1 Å². The number of aliphatic imine (C=N–C) groups is 1. The summed E-state index contributed by atoms with van der Waals surface area (Å²) in [6.45, 7) is 1.99. The molecule has 1 atom stereocenters. The Balaban J connectivity index is 2.03. The highest BCUT2D eigenvalue weighted by Crippen LogP contribution is 2.25. The van der Waals surface area contributed by atoms with E-state index in [1.807, 2.05) is 61.5 Å². The van der Waals surface area contributed by atoms with Crippen molar-refractivity contribution in [1.29, 1.82) is 0 Å². The number of benzene rings is 1. The van der Waals surface area contributed by atoms with Gasteiger partial charge in [0.25, 0.3) is 0 Å². The van der Waals surface area contributed by atoms with Crippen LogP contribution in [0.5, 0.6) is 0 Å². The highest BCUT2D eigenvalue weighted by molar-refractivity contribution is 5.97. The molecule has 108 valence electrons. The summed E-state index contributed by atoms with van der Waals surface area (Å²) in [5, 5.41) is 0. The van der Waals surface area contributed by atoms with E-state index in [1.54, 1.807) is 12.4 Å². The van der Waals surface area contributed by atoms with Crippen molar-refractivity contribution in [2.45, 2.75) is 13.0 Å². The van der Waals surface area contributed by atoms with Crippen molar-refractivity contribution in [3.05, 3.63) is 96.1 Å². The lowest BCUT2D eigenvalue weighted by Gasteiger charge is -2.14. The van der Waals surface area contributed by atoms with Crippen LogP contribution in [0.1, 0.15) is 29.9 Å². The molecule has 0 fully saturated rings. The Bertz CT molecular complexity index is 698. The molecule has 3 rings (SSSR count). The molecule has 0 saturated heterocycles. The number of pyridine rings is 2. The first-order chi connectivity index (χ1) is 10.8. The minimum absolute atomic E-state index is 0.121. The maximum Gasteiger partial charge on any atom is 0.117 e. The van der Waals surface area contributed by atoms with Crippen LogP contribution >= 0.6 is 0 Å². The fraction of sp³-hybridized carbons (Fsp3) is 0.105. The summed E-state index contributed by atoms with van der Waals surface area (Å²) in [5.41, 5.74) is 3.85. The second-order valence-electron chi connectivity index (χ2n) is 5.00. The lowest BCUT2D eigenvalue weighted by Crippen LogP contribution is -2.06. The average Bonchev–Trinajstić information content (AvgIpc) is 2.62. The SMILES string of the molecule is CC(=NC(c1ccccc1)c1ccccn1)c1ccccn1. The van der Waals surface area contributed by atoms with Crippen molar-refractivity contribution in [3.8, 4) is 0 Å². The van der Waals surface area contributed by atoms with E-state index >= 15 is 0 Å². The lowest BCUT2D eigenvalue weighted by atomic mass is 10.0. The predicted molar refractivity (Wildman–Crippen MR) is 89.0 cm³/mol. The smallest absolute Gasteiger partial charge is 0.117 e. The molecule has 0 aliphatic carbocycles. The fourth-order valence-electron chi connectivity index (χ4n) is 2.32. The van der Waals surface area contributed by atoms with Gasteiger partial charge in [0.1, 0.15) is 6.04 Å². The summed E-state index contributed by atoms with van der Waals surface area (Å²) in [6.07, 6.45) is 3.59. The van der Waals surface area contributed by atoms with Crippen LogP contribution in [0.25, 0.3) is 0 Å². The van der Waals surface area contributed by atoms with Crippen molar-refractivity contribution in [2.24, 2.45) is 4.99 Å². The third-order valence-electron chi connectivity index (χ3n) is 3.44. The Labute approximate surface area is 130 Å². The third-order valence-corrected chi connectivity index (χ3v) is 3.44. The van der Waals surface area contributed by atoms with Gasteiger partial charge in [-0.15, -0.1) is 0 Å². The molecule has 0 radical (unpaired) electrons. The van der Waals surface area contributed by atoms with E-state index in [0.717, 1.165) is 22.7 Å². The highest BCUT2D eigenvalue weighted by Gasteiger charge is 2.14. The first kappa shape index (κ1) is 14.1. The number of rotatable bonds is 4. The number of hydrogen-bond acceptors (Lipinski definition) is 3. The van der Waals surface area contributed by atoms with Gasteiger partial charge in [0.2, 0.25) is 0 Å². The van der Waals surface area contributed by atoms with Crippen LogP contribution in [0.3, 0.4) is 0 Å². The van der Waals surface area contributed by atoms with E-state index < -0.39 is 0 Å². The maximum atomic E-state index is 4.88. The van der Waals surface area contributed by atoms with Crippen LogP contribution in [0.2, 0.25) is 0 Å². The molecular formula is C19H17N3. The average molecular weight is 287 g/mol. The van der Waals surface area contributed by atoms with Gasteiger partial charge in [-0.2, -0.15) is 0 Å². The van der Waals surface area contributed by atoms with Gasteiger partial charge in [0, 0.05) is 12.4 Å². The van der Waals surface area contributed by atoms with E-state index in [9.17, 15) is 0 Å². The van der Waals surface area contributed by atoms with Crippen molar-refractivity contribution < 1.29 is 0 Å². The van der Waals surface area contributed by atoms with E-state index in [2.05, 4.69) is 22.1 Å². The molecule has 2 heterocycles. The van der Waals surface area contributed by atoms with Crippen LogP contribution in [-0.4, -0.2) is 15.7 Å². The van der Waals surface area contributed by atoms with Crippen LogP contribution in [-0.2, 0) is 0 Å². The zero-order valence-corrected chi connectivity index (χ0v) is 12.4. The normalized spacial score (nSPS) is 12.9. The Hall–Kier alpha value is -2.81. The zero-order valence-electron chi connectivity index (χ0n) is 12.4. The van der Waals surface area contributed by atoms with Crippen LogP contribution in [0, 0.1) is 0 Å². The predicted octanol–water partition coefficient (Wildman–Crippen LogP) is 4.08. The molecule has 0 spiro atoms. The third kappa shape index (κ3) is 3.26. The summed E-state index contributed by atoms with van der Waals surface area (Å²) in [5.74, 6) is 0. The van der Waals surface area contributed by atoms with Gasteiger partial charge >= 0.3 is 0 Å².